The Balaban J connectivity index is 3.50. The lowest BCUT2D eigenvalue weighted by Gasteiger charge is -2.15. The van der Waals surface area contributed by atoms with Gasteiger partial charge in [0, 0.05) is 12.8 Å². The number of carbonyl (C=O) groups excluding carboxylic acids is 2. The average Bonchev–Trinajstić information content (AvgIpc) is 2.72. The van der Waals surface area contributed by atoms with Gasteiger partial charge in [0.05, 0.1) is 6.61 Å². The number of aliphatic hydroxyl groups is 1. The van der Waals surface area contributed by atoms with E-state index in [1.807, 2.05) is 6.92 Å². The molecule has 0 fully saturated rings. The number of carbonyl (C=O) groups is 2. The number of hydrogen-bond donors (Lipinski definition) is 1. The van der Waals surface area contributed by atoms with Gasteiger partial charge in [0.1, 0.15) is 6.61 Å². The molecule has 0 radical (unpaired) electrons. The molecule has 5 nitrogen and oxygen atoms in total. The minimum atomic E-state index is -0.755. The maximum atomic E-state index is 11.9. The van der Waals surface area contributed by atoms with Crippen molar-refractivity contribution in [1.29, 1.82) is 0 Å². The van der Waals surface area contributed by atoms with Crippen LogP contribution in [0.1, 0.15) is 123 Å². The molecule has 0 amide bonds. The second kappa shape index (κ2) is 21.6. The van der Waals surface area contributed by atoms with Crippen LogP contribution in [-0.4, -0.2) is 36.4 Å². The van der Waals surface area contributed by atoms with E-state index >= 15 is 0 Å². The molecule has 0 aliphatic rings. The van der Waals surface area contributed by atoms with E-state index in [4.69, 9.17) is 9.47 Å². The van der Waals surface area contributed by atoms with Crippen molar-refractivity contribution in [2.24, 2.45) is 0 Å². The molecule has 0 rings (SSSR count). The summed E-state index contributed by atoms with van der Waals surface area (Å²) < 4.78 is 10.2. The van der Waals surface area contributed by atoms with Crippen molar-refractivity contribution in [1.82, 2.24) is 0 Å². The molecule has 1 N–H and O–H groups in total. The van der Waals surface area contributed by atoms with Gasteiger partial charge in [0.25, 0.3) is 0 Å². The Labute approximate surface area is 178 Å². The fourth-order valence-electron chi connectivity index (χ4n) is 3.24. The Hall–Kier alpha value is -1.10. The van der Waals surface area contributed by atoms with Crippen LogP contribution in [0, 0.1) is 0 Å². The van der Waals surface area contributed by atoms with Crippen LogP contribution in [0.5, 0.6) is 0 Å². The third-order valence-electron chi connectivity index (χ3n) is 5.15. The van der Waals surface area contributed by atoms with Crippen molar-refractivity contribution < 1.29 is 24.2 Å². The molecule has 5 heteroatoms. The largest absolute Gasteiger partial charge is 0.462 e. The van der Waals surface area contributed by atoms with Crippen molar-refractivity contribution in [3.8, 4) is 0 Å². The highest BCUT2D eigenvalue weighted by Gasteiger charge is 2.15. The molecule has 0 aromatic heterocycles. The number of aliphatic hydroxyl groups excluding tert-OH is 1. The first kappa shape index (κ1) is 27.9. The standard InChI is InChI=1S/C24H46O5/c1-3-5-7-8-9-10-11-12-13-14-15-16-17-19-24(27)29-22(20-25)21-28-23(26)18-6-4-2/h22,25H,3-21H2,1-2H3. The summed E-state index contributed by atoms with van der Waals surface area (Å²) in [6, 6.07) is 0. The Morgan fingerprint density at radius 2 is 1.10 bits per heavy atom. The quantitative estimate of drug-likeness (QED) is 0.181. The van der Waals surface area contributed by atoms with Crippen LogP contribution in [0.25, 0.3) is 0 Å². The van der Waals surface area contributed by atoms with E-state index in [-0.39, 0.29) is 25.2 Å². The van der Waals surface area contributed by atoms with Crippen LogP contribution in [0.15, 0.2) is 0 Å². The van der Waals surface area contributed by atoms with E-state index in [0.717, 1.165) is 32.1 Å². The number of ether oxygens (including phenoxy) is 2. The Bertz CT molecular complexity index is 383. The van der Waals surface area contributed by atoms with Gasteiger partial charge in [-0.25, -0.2) is 0 Å². The van der Waals surface area contributed by atoms with Crippen molar-refractivity contribution >= 4 is 11.9 Å². The first-order chi connectivity index (χ1) is 14.1. The molecule has 0 heterocycles. The summed E-state index contributed by atoms with van der Waals surface area (Å²) in [7, 11) is 0. The van der Waals surface area contributed by atoms with Crippen LogP contribution in [0.3, 0.4) is 0 Å². The lowest BCUT2D eigenvalue weighted by Crippen LogP contribution is -2.28. The molecule has 1 atom stereocenters. The maximum Gasteiger partial charge on any atom is 0.306 e. The van der Waals surface area contributed by atoms with E-state index in [9.17, 15) is 14.7 Å². The molecule has 172 valence electrons. The molecule has 0 spiro atoms. The first-order valence-electron chi connectivity index (χ1n) is 12.1. The summed E-state index contributed by atoms with van der Waals surface area (Å²) in [6.45, 7) is 3.86. The molecule has 29 heavy (non-hydrogen) atoms. The molecule has 0 bridgehead atoms. The summed E-state index contributed by atoms with van der Waals surface area (Å²) in [5.41, 5.74) is 0. The van der Waals surface area contributed by atoms with Crippen LogP contribution in [0.4, 0.5) is 0 Å². The number of rotatable bonds is 21. The molecular formula is C24H46O5. The van der Waals surface area contributed by atoms with Gasteiger partial charge in [-0.1, -0.05) is 97.3 Å². The first-order valence-corrected chi connectivity index (χ1v) is 12.1. The normalized spacial score (nSPS) is 12.0. The zero-order chi connectivity index (χ0) is 21.6. The second-order valence-electron chi connectivity index (χ2n) is 8.07. The zero-order valence-electron chi connectivity index (χ0n) is 19.1. The van der Waals surface area contributed by atoms with E-state index in [0.29, 0.717) is 12.8 Å². The molecule has 0 aliphatic carbocycles. The van der Waals surface area contributed by atoms with E-state index in [1.165, 1.54) is 64.2 Å². The van der Waals surface area contributed by atoms with Gasteiger partial charge in [-0.15, -0.1) is 0 Å². The number of hydrogen-bond acceptors (Lipinski definition) is 5. The summed E-state index contributed by atoms with van der Waals surface area (Å²) >= 11 is 0. The molecule has 0 aromatic carbocycles. The summed E-state index contributed by atoms with van der Waals surface area (Å²) in [5.74, 6) is -0.630. The highest BCUT2D eigenvalue weighted by molar-refractivity contribution is 5.70. The Morgan fingerprint density at radius 1 is 0.655 bits per heavy atom. The molecule has 0 aromatic rings. The number of esters is 2. The zero-order valence-corrected chi connectivity index (χ0v) is 19.1. The average molecular weight is 415 g/mol. The highest BCUT2D eigenvalue weighted by atomic mass is 16.6. The molecule has 0 aliphatic heterocycles. The van der Waals surface area contributed by atoms with Gasteiger partial charge in [-0.2, -0.15) is 0 Å². The summed E-state index contributed by atoms with van der Waals surface area (Å²) in [6.07, 6.45) is 18.1. The minimum Gasteiger partial charge on any atom is -0.462 e. The third kappa shape index (κ3) is 20.0. The van der Waals surface area contributed by atoms with Gasteiger partial charge in [-0.05, 0) is 12.8 Å². The predicted octanol–water partition coefficient (Wildman–Crippen LogP) is 6.11. The number of unbranched alkanes of at least 4 members (excludes halogenated alkanes) is 13. The van der Waals surface area contributed by atoms with Crippen LogP contribution < -0.4 is 0 Å². The Morgan fingerprint density at radius 3 is 1.59 bits per heavy atom. The molecular weight excluding hydrogens is 368 g/mol. The van der Waals surface area contributed by atoms with E-state index < -0.39 is 6.10 Å². The van der Waals surface area contributed by atoms with E-state index in [1.54, 1.807) is 0 Å². The van der Waals surface area contributed by atoms with Crippen molar-refractivity contribution in [3.63, 3.8) is 0 Å². The summed E-state index contributed by atoms with van der Waals surface area (Å²) in [5, 5.41) is 9.28. The van der Waals surface area contributed by atoms with Gasteiger partial charge in [0.2, 0.25) is 0 Å². The van der Waals surface area contributed by atoms with Gasteiger partial charge < -0.3 is 14.6 Å². The fraction of sp³-hybridized carbons (Fsp3) is 0.917. The lowest BCUT2D eigenvalue weighted by atomic mass is 10.0. The van der Waals surface area contributed by atoms with Crippen molar-refractivity contribution in [2.45, 2.75) is 129 Å². The van der Waals surface area contributed by atoms with Crippen molar-refractivity contribution in [3.05, 3.63) is 0 Å². The van der Waals surface area contributed by atoms with Crippen LogP contribution in [0.2, 0.25) is 0 Å². The fourth-order valence-corrected chi connectivity index (χ4v) is 3.24. The Kier molecular flexibility index (Phi) is 20.8. The predicted molar refractivity (Wildman–Crippen MR) is 118 cm³/mol. The maximum absolute atomic E-state index is 11.9. The topological polar surface area (TPSA) is 72.8 Å². The van der Waals surface area contributed by atoms with Gasteiger partial charge >= 0.3 is 11.9 Å². The second-order valence-corrected chi connectivity index (χ2v) is 8.07. The van der Waals surface area contributed by atoms with Gasteiger partial charge in [-0.3, -0.25) is 9.59 Å². The third-order valence-corrected chi connectivity index (χ3v) is 5.15. The van der Waals surface area contributed by atoms with Crippen LogP contribution >= 0.6 is 0 Å². The van der Waals surface area contributed by atoms with Gasteiger partial charge in [0.15, 0.2) is 6.10 Å². The smallest absolute Gasteiger partial charge is 0.306 e. The lowest BCUT2D eigenvalue weighted by molar-refractivity contribution is -0.161. The minimum absolute atomic E-state index is 0.0661. The van der Waals surface area contributed by atoms with Crippen molar-refractivity contribution in [2.75, 3.05) is 13.2 Å². The SMILES string of the molecule is CCCCCCCCCCCCCCCC(=O)OC(CO)COC(=O)CCCC. The van der Waals surface area contributed by atoms with E-state index in [2.05, 4.69) is 6.92 Å². The molecule has 0 saturated carbocycles. The van der Waals surface area contributed by atoms with Crippen LogP contribution in [-0.2, 0) is 19.1 Å². The monoisotopic (exact) mass is 414 g/mol. The summed E-state index contributed by atoms with van der Waals surface area (Å²) in [4.78, 5) is 23.3. The highest BCUT2D eigenvalue weighted by Crippen LogP contribution is 2.13. The molecule has 1 unspecified atom stereocenters. The molecule has 0 saturated heterocycles.